The Labute approximate surface area is 148 Å². The maximum Gasteiger partial charge on any atom is 0.0297 e. The molecular weight excluding hydrogens is 460 g/mol. The van der Waals surface area contributed by atoms with Gasteiger partial charge in [0.2, 0.25) is 0 Å². The quantitative estimate of drug-likeness (QED) is 0.325. The van der Waals surface area contributed by atoms with Crippen molar-refractivity contribution in [3.05, 3.63) is 65.9 Å². The molecule has 0 unspecified atom stereocenters. The second-order valence-electron chi connectivity index (χ2n) is 5.88. The minimum Gasteiger partial charge on any atom is -0.378 e. The van der Waals surface area contributed by atoms with Gasteiger partial charge in [-0.2, -0.15) is 0 Å². The van der Waals surface area contributed by atoms with Gasteiger partial charge in [0.1, 0.15) is 0 Å². The molecule has 2 aromatic heterocycles. The molecule has 0 saturated heterocycles. The molecule has 0 N–H and O–H groups in total. The van der Waals surface area contributed by atoms with Crippen molar-refractivity contribution in [3.8, 4) is 11.1 Å². The van der Waals surface area contributed by atoms with Crippen LogP contribution in [0.3, 0.4) is 0 Å². The predicted octanol–water partition coefficient (Wildman–Crippen LogP) is 4.58. The van der Waals surface area contributed by atoms with Gasteiger partial charge in [0.15, 0.2) is 0 Å². The number of aromatic nitrogens is 2. The summed E-state index contributed by atoms with van der Waals surface area (Å²) in [6, 6.07) is 18.8. The first-order chi connectivity index (χ1) is 10.9. The Morgan fingerprint density at radius 2 is 1.96 bits per heavy atom. The van der Waals surface area contributed by atoms with Gasteiger partial charge in [-0.3, -0.25) is 4.98 Å². The van der Waals surface area contributed by atoms with Gasteiger partial charge in [-0.15, -0.1) is 23.3 Å². The maximum absolute atomic E-state index is 4.61. The Hall–Kier alpha value is -1.96. The summed E-state index contributed by atoms with van der Waals surface area (Å²) in [6.45, 7) is 3.14. The minimum absolute atomic E-state index is 0. The van der Waals surface area contributed by atoms with E-state index in [0.29, 0.717) is 0 Å². The zero-order valence-corrected chi connectivity index (χ0v) is 15.2. The van der Waals surface area contributed by atoms with E-state index in [1.165, 1.54) is 33.3 Å². The van der Waals surface area contributed by atoms with Crippen LogP contribution in [-0.4, -0.2) is 9.55 Å². The number of fused-ring (bicyclic) bond motifs is 6. The summed E-state index contributed by atoms with van der Waals surface area (Å²) >= 11 is 0. The molecular formula is C20H15IrN2-. The number of aryl methyl sites for hydroxylation is 1. The van der Waals surface area contributed by atoms with Gasteiger partial charge >= 0.3 is 0 Å². The van der Waals surface area contributed by atoms with Crippen LogP contribution in [0.4, 0.5) is 0 Å². The van der Waals surface area contributed by atoms with Crippen LogP contribution in [0.2, 0.25) is 0 Å². The first-order valence-electron chi connectivity index (χ1n) is 7.77. The van der Waals surface area contributed by atoms with Crippen LogP contribution in [0.1, 0.15) is 18.1 Å². The summed E-state index contributed by atoms with van der Waals surface area (Å²) in [6.07, 6.45) is 2.88. The van der Waals surface area contributed by atoms with Crippen LogP contribution in [-0.2, 0) is 33.1 Å². The fraction of sp³-hybridized carbons (Fsp3) is 0.150. The van der Waals surface area contributed by atoms with Crippen LogP contribution >= 0.6 is 0 Å². The first kappa shape index (κ1) is 14.6. The summed E-state index contributed by atoms with van der Waals surface area (Å²) in [7, 11) is 0. The topological polar surface area (TPSA) is 17.8 Å². The molecule has 0 amide bonds. The second-order valence-corrected chi connectivity index (χ2v) is 5.88. The van der Waals surface area contributed by atoms with E-state index < -0.39 is 0 Å². The number of hydrogen-bond acceptors (Lipinski definition) is 1. The number of rotatable bonds is 1. The van der Waals surface area contributed by atoms with Crippen molar-refractivity contribution in [3.63, 3.8) is 0 Å². The average molecular weight is 476 g/mol. The van der Waals surface area contributed by atoms with Gasteiger partial charge in [-0.1, -0.05) is 40.8 Å². The normalized spacial score (nSPS) is 12.2. The number of nitrogens with zero attached hydrogens (tertiary/aromatic N) is 2. The Bertz CT molecular complexity index is 1050. The van der Waals surface area contributed by atoms with Crippen LogP contribution < -0.4 is 0 Å². The third-order valence-electron chi connectivity index (χ3n) is 4.73. The molecule has 0 spiro atoms. The Kier molecular flexibility index (Phi) is 3.37. The molecule has 5 rings (SSSR count). The van der Waals surface area contributed by atoms with Crippen LogP contribution in [0, 0.1) is 6.07 Å². The molecule has 3 heteroatoms. The molecule has 23 heavy (non-hydrogen) atoms. The summed E-state index contributed by atoms with van der Waals surface area (Å²) in [5, 5.41) is 1.15. The molecule has 0 saturated carbocycles. The van der Waals surface area contributed by atoms with Crippen molar-refractivity contribution in [2.45, 2.75) is 19.9 Å². The number of hydrogen-bond donors (Lipinski definition) is 0. The van der Waals surface area contributed by atoms with Crippen LogP contribution in [0.25, 0.3) is 33.1 Å². The summed E-state index contributed by atoms with van der Waals surface area (Å²) in [4.78, 5) is 4.61. The summed E-state index contributed by atoms with van der Waals surface area (Å²) < 4.78 is 2.34. The molecule has 0 bridgehead atoms. The fourth-order valence-electron chi connectivity index (χ4n) is 3.75. The van der Waals surface area contributed by atoms with E-state index in [1.807, 2.05) is 12.3 Å². The summed E-state index contributed by atoms with van der Waals surface area (Å²) in [5.41, 5.74) is 8.88. The molecule has 0 aliphatic heterocycles. The monoisotopic (exact) mass is 476 g/mol. The predicted molar refractivity (Wildman–Crippen MR) is 90.0 cm³/mol. The Morgan fingerprint density at radius 1 is 1.09 bits per heavy atom. The molecule has 2 aromatic carbocycles. The van der Waals surface area contributed by atoms with Gasteiger partial charge in [-0.05, 0) is 31.0 Å². The van der Waals surface area contributed by atoms with Gasteiger partial charge in [0.25, 0.3) is 0 Å². The molecule has 4 aromatic rings. The molecule has 2 heterocycles. The van der Waals surface area contributed by atoms with Crippen molar-refractivity contribution in [2.75, 3.05) is 0 Å². The first-order valence-corrected chi connectivity index (χ1v) is 7.77. The number of pyridine rings is 1. The second kappa shape index (κ2) is 5.29. The van der Waals surface area contributed by atoms with Crippen molar-refractivity contribution < 1.29 is 20.1 Å². The maximum atomic E-state index is 4.61. The van der Waals surface area contributed by atoms with Crippen molar-refractivity contribution in [1.29, 1.82) is 0 Å². The molecule has 0 fully saturated rings. The van der Waals surface area contributed by atoms with Gasteiger partial charge in [-0.25, -0.2) is 0 Å². The summed E-state index contributed by atoms with van der Waals surface area (Å²) in [5.74, 6) is 0. The van der Waals surface area contributed by atoms with E-state index in [2.05, 4.69) is 58.9 Å². The molecule has 2 nitrogen and oxygen atoms in total. The van der Waals surface area contributed by atoms with Gasteiger partial charge in [0, 0.05) is 43.9 Å². The third kappa shape index (κ3) is 1.94. The van der Waals surface area contributed by atoms with E-state index in [0.717, 1.165) is 23.9 Å². The van der Waals surface area contributed by atoms with Crippen molar-refractivity contribution >= 4 is 21.9 Å². The zero-order chi connectivity index (χ0) is 14.7. The fourth-order valence-corrected chi connectivity index (χ4v) is 3.75. The van der Waals surface area contributed by atoms with Gasteiger partial charge in [0.05, 0.1) is 0 Å². The molecule has 0 atom stereocenters. The largest absolute Gasteiger partial charge is 0.378 e. The zero-order valence-electron chi connectivity index (χ0n) is 12.8. The van der Waals surface area contributed by atoms with E-state index in [-0.39, 0.29) is 20.1 Å². The molecule has 1 aliphatic carbocycles. The smallest absolute Gasteiger partial charge is 0.0297 e. The minimum atomic E-state index is 0. The Morgan fingerprint density at radius 3 is 2.83 bits per heavy atom. The van der Waals surface area contributed by atoms with E-state index in [4.69, 9.17) is 0 Å². The standard InChI is InChI=1S/C20H15N2.Ir/c1-2-22-18-8-5-9-21-20(18)17-12-16-14(11-19(17)22)10-13-6-3-4-7-15(13)16;/h3-9,11H,2,10H2,1H3;/q-1;. The molecule has 1 radical (unpaired) electrons. The Balaban J connectivity index is 0.00000135. The molecule has 115 valence electrons. The number of benzene rings is 2. The van der Waals surface area contributed by atoms with Crippen molar-refractivity contribution in [2.24, 2.45) is 0 Å². The third-order valence-corrected chi connectivity index (χ3v) is 4.73. The van der Waals surface area contributed by atoms with Gasteiger partial charge < -0.3 is 4.57 Å². The van der Waals surface area contributed by atoms with E-state index in [9.17, 15) is 0 Å². The SMILES string of the molecule is CCn1c2cc3c([c-]c2c2ncccc21)-c1ccccc1C3.[Ir]. The van der Waals surface area contributed by atoms with Crippen LogP contribution in [0.5, 0.6) is 0 Å². The van der Waals surface area contributed by atoms with Crippen molar-refractivity contribution in [1.82, 2.24) is 9.55 Å². The molecule has 1 aliphatic rings. The average Bonchev–Trinajstić information content (AvgIpc) is 3.07. The van der Waals surface area contributed by atoms with Crippen LogP contribution in [0.15, 0.2) is 48.7 Å². The van der Waals surface area contributed by atoms with E-state index >= 15 is 0 Å². The van der Waals surface area contributed by atoms with E-state index in [1.54, 1.807) is 0 Å².